The summed E-state index contributed by atoms with van der Waals surface area (Å²) >= 11 is 0. The number of likely N-dealkylation sites (tertiary alicyclic amines) is 1. The molecular weight excluding hydrogens is 262 g/mol. The van der Waals surface area contributed by atoms with Crippen LogP contribution in [0.2, 0.25) is 0 Å². The third-order valence-corrected chi connectivity index (χ3v) is 4.57. The normalized spacial score (nSPS) is 22.0. The third-order valence-electron chi connectivity index (χ3n) is 4.57. The van der Waals surface area contributed by atoms with Crippen LogP contribution < -0.4 is 0 Å². The van der Waals surface area contributed by atoms with Crippen molar-refractivity contribution in [3.8, 4) is 5.75 Å². The number of rotatable bonds is 4. The molecule has 0 bridgehead atoms. The van der Waals surface area contributed by atoms with Crippen LogP contribution in [0.4, 0.5) is 0 Å². The van der Waals surface area contributed by atoms with Crippen molar-refractivity contribution in [2.45, 2.75) is 58.9 Å². The minimum absolute atomic E-state index is 0.0246. The molecule has 1 aromatic carbocycles. The number of hydrogen-bond donors (Lipinski definition) is 1. The molecule has 1 heterocycles. The van der Waals surface area contributed by atoms with Crippen LogP contribution in [0.15, 0.2) is 18.2 Å². The summed E-state index contributed by atoms with van der Waals surface area (Å²) in [6.07, 6.45) is 3.83. The molecule has 1 amide bonds. The van der Waals surface area contributed by atoms with Crippen molar-refractivity contribution in [1.29, 1.82) is 0 Å². The number of aryl methyl sites for hydroxylation is 1. The Balaban J connectivity index is 2.31. The maximum absolute atomic E-state index is 12.9. The van der Waals surface area contributed by atoms with Crippen molar-refractivity contribution in [1.82, 2.24) is 4.90 Å². The molecule has 1 aromatic rings. The molecule has 0 saturated carbocycles. The maximum atomic E-state index is 12.9. The van der Waals surface area contributed by atoms with Gasteiger partial charge in [0.1, 0.15) is 5.75 Å². The van der Waals surface area contributed by atoms with E-state index < -0.39 is 0 Å². The molecule has 0 aliphatic carbocycles. The Morgan fingerprint density at radius 2 is 2.14 bits per heavy atom. The Morgan fingerprint density at radius 1 is 1.43 bits per heavy atom. The monoisotopic (exact) mass is 289 g/mol. The number of carbonyl (C=O) groups is 1. The molecule has 1 unspecified atom stereocenters. The lowest BCUT2D eigenvalue weighted by atomic mass is 9.88. The van der Waals surface area contributed by atoms with E-state index in [0.717, 1.165) is 37.8 Å². The fourth-order valence-electron chi connectivity index (χ4n) is 3.66. The zero-order valence-corrected chi connectivity index (χ0v) is 13.6. The molecular formula is C18H27NO2. The van der Waals surface area contributed by atoms with E-state index in [1.54, 1.807) is 6.07 Å². The van der Waals surface area contributed by atoms with Gasteiger partial charge in [-0.05, 0) is 50.2 Å². The SMILES string of the molecule is CCc1cccc(C(=O)N2CCCC2(C)CC(C)C)c1O. The van der Waals surface area contributed by atoms with Crippen LogP contribution in [-0.2, 0) is 6.42 Å². The standard InChI is InChI=1S/C18H27NO2/c1-5-14-8-6-9-15(16(14)20)17(21)19-11-7-10-18(19,4)12-13(2)3/h6,8-9,13,20H,5,7,10-12H2,1-4H3. The minimum Gasteiger partial charge on any atom is -0.507 e. The first-order chi connectivity index (χ1) is 9.89. The van der Waals surface area contributed by atoms with Crippen molar-refractivity contribution in [2.24, 2.45) is 5.92 Å². The van der Waals surface area contributed by atoms with Crippen LogP contribution in [0.25, 0.3) is 0 Å². The second kappa shape index (κ2) is 6.08. The molecule has 0 spiro atoms. The number of para-hydroxylation sites is 1. The summed E-state index contributed by atoms with van der Waals surface area (Å²) in [7, 11) is 0. The largest absolute Gasteiger partial charge is 0.507 e. The van der Waals surface area contributed by atoms with E-state index in [2.05, 4.69) is 20.8 Å². The first-order valence-electron chi connectivity index (χ1n) is 8.02. The summed E-state index contributed by atoms with van der Waals surface area (Å²) in [4.78, 5) is 14.9. The Morgan fingerprint density at radius 3 is 2.76 bits per heavy atom. The fourth-order valence-corrected chi connectivity index (χ4v) is 3.66. The minimum atomic E-state index is -0.0834. The molecule has 3 heteroatoms. The molecule has 0 radical (unpaired) electrons. The number of carbonyl (C=O) groups excluding carboxylic acids is 1. The predicted molar refractivity (Wildman–Crippen MR) is 85.6 cm³/mol. The van der Waals surface area contributed by atoms with Gasteiger partial charge in [0.25, 0.3) is 5.91 Å². The van der Waals surface area contributed by atoms with Crippen LogP contribution in [0.1, 0.15) is 62.9 Å². The van der Waals surface area contributed by atoms with Crippen LogP contribution in [0, 0.1) is 5.92 Å². The first kappa shape index (κ1) is 15.9. The van der Waals surface area contributed by atoms with Crippen LogP contribution in [0.5, 0.6) is 5.75 Å². The van der Waals surface area contributed by atoms with Gasteiger partial charge < -0.3 is 10.0 Å². The van der Waals surface area contributed by atoms with E-state index in [9.17, 15) is 9.90 Å². The number of aromatic hydroxyl groups is 1. The molecule has 1 N–H and O–H groups in total. The topological polar surface area (TPSA) is 40.5 Å². The average Bonchev–Trinajstić information content (AvgIpc) is 2.78. The Hall–Kier alpha value is -1.51. The van der Waals surface area contributed by atoms with Crippen molar-refractivity contribution < 1.29 is 9.90 Å². The number of hydrogen-bond acceptors (Lipinski definition) is 2. The van der Waals surface area contributed by atoms with Crippen molar-refractivity contribution >= 4 is 5.91 Å². The second-order valence-corrected chi connectivity index (χ2v) is 6.82. The van der Waals surface area contributed by atoms with Crippen LogP contribution >= 0.6 is 0 Å². The van der Waals surface area contributed by atoms with Crippen molar-refractivity contribution in [3.63, 3.8) is 0 Å². The summed E-state index contributed by atoms with van der Waals surface area (Å²) in [5.41, 5.74) is 1.21. The highest BCUT2D eigenvalue weighted by Crippen LogP contribution is 2.37. The third kappa shape index (κ3) is 3.07. The lowest BCUT2D eigenvalue weighted by Gasteiger charge is -2.37. The van der Waals surface area contributed by atoms with Crippen molar-refractivity contribution in [2.75, 3.05) is 6.54 Å². The second-order valence-electron chi connectivity index (χ2n) is 6.82. The number of nitrogens with zero attached hydrogens (tertiary/aromatic N) is 1. The van der Waals surface area contributed by atoms with Gasteiger partial charge in [0.05, 0.1) is 5.56 Å². The van der Waals surface area contributed by atoms with Crippen LogP contribution in [0.3, 0.4) is 0 Å². The average molecular weight is 289 g/mol. The zero-order valence-electron chi connectivity index (χ0n) is 13.6. The summed E-state index contributed by atoms with van der Waals surface area (Å²) in [5, 5.41) is 10.3. The van der Waals surface area contributed by atoms with Gasteiger partial charge in [0.15, 0.2) is 0 Å². The van der Waals surface area contributed by atoms with Gasteiger partial charge in [-0.1, -0.05) is 32.9 Å². The smallest absolute Gasteiger partial charge is 0.258 e. The van der Waals surface area contributed by atoms with E-state index >= 15 is 0 Å². The van der Waals surface area contributed by atoms with Gasteiger partial charge in [-0.25, -0.2) is 0 Å². The molecule has 1 atom stereocenters. The van der Waals surface area contributed by atoms with Gasteiger partial charge in [0, 0.05) is 12.1 Å². The Kier molecular flexibility index (Phi) is 4.60. The molecule has 1 fully saturated rings. The zero-order chi connectivity index (χ0) is 15.6. The quantitative estimate of drug-likeness (QED) is 0.910. The van der Waals surface area contributed by atoms with E-state index in [4.69, 9.17) is 0 Å². The van der Waals surface area contributed by atoms with Crippen molar-refractivity contribution in [3.05, 3.63) is 29.3 Å². The summed E-state index contributed by atoms with van der Waals surface area (Å²) < 4.78 is 0. The van der Waals surface area contributed by atoms with Gasteiger partial charge in [-0.3, -0.25) is 4.79 Å². The summed E-state index contributed by atoms with van der Waals surface area (Å²) in [6.45, 7) is 9.35. The van der Waals surface area contributed by atoms with Gasteiger partial charge in [-0.2, -0.15) is 0 Å². The molecule has 116 valence electrons. The van der Waals surface area contributed by atoms with Gasteiger partial charge in [-0.15, -0.1) is 0 Å². The number of phenolic OH excluding ortho intramolecular Hbond substituents is 1. The number of amides is 1. The van der Waals surface area contributed by atoms with Gasteiger partial charge >= 0.3 is 0 Å². The Labute approximate surface area is 128 Å². The highest BCUT2D eigenvalue weighted by molar-refractivity contribution is 5.97. The molecule has 0 aromatic heterocycles. The molecule has 2 rings (SSSR count). The molecule has 1 saturated heterocycles. The van der Waals surface area contributed by atoms with E-state index in [0.29, 0.717) is 11.5 Å². The Bertz CT molecular complexity index is 524. The van der Waals surface area contributed by atoms with E-state index in [1.807, 2.05) is 24.0 Å². The first-order valence-corrected chi connectivity index (χ1v) is 8.02. The van der Waals surface area contributed by atoms with E-state index in [1.165, 1.54) is 0 Å². The summed E-state index contributed by atoms with van der Waals surface area (Å²) in [5.74, 6) is 0.686. The molecule has 1 aliphatic rings. The lowest BCUT2D eigenvalue weighted by molar-refractivity contribution is 0.0583. The summed E-state index contributed by atoms with van der Waals surface area (Å²) in [6, 6.07) is 5.48. The van der Waals surface area contributed by atoms with Crippen LogP contribution in [-0.4, -0.2) is 28.0 Å². The highest BCUT2D eigenvalue weighted by atomic mass is 16.3. The van der Waals surface area contributed by atoms with Gasteiger partial charge in [0.2, 0.25) is 0 Å². The highest BCUT2D eigenvalue weighted by Gasteiger charge is 2.40. The lowest BCUT2D eigenvalue weighted by Crippen LogP contribution is -2.45. The number of benzene rings is 1. The molecule has 3 nitrogen and oxygen atoms in total. The predicted octanol–water partition coefficient (Wildman–Crippen LogP) is 4.00. The fraction of sp³-hybridized carbons (Fsp3) is 0.611. The van der Waals surface area contributed by atoms with E-state index in [-0.39, 0.29) is 17.2 Å². The molecule has 1 aliphatic heterocycles. The molecule has 21 heavy (non-hydrogen) atoms. The maximum Gasteiger partial charge on any atom is 0.258 e. The number of phenols is 1.